The molecule has 172 valence electrons. The van der Waals surface area contributed by atoms with E-state index in [-0.39, 0.29) is 31.5 Å². The molecule has 12 heteroatoms. The van der Waals surface area contributed by atoms with Crippen molar-refractivity contribution in [3.63, 3.8) is 0 Å². The number of benzene rings is 1. The molecule has 0 saturated carbocycles. The van der Waals surface area contributed by atoms with E-state index in [1.165, 1.54) is 30.9 Å². The van der Waals surface area contributed by atoms with Gasteiger partial charge in [-0.15, -0.1) is 0 Å². The Morgan fingerprint density at radius 3 is 2.79 bits per heavy atom. The van der Waals surface area contributed by atoms with Crippen LogP contribution in [-0.2, 0) is 9.53 Å². The van der Waals surface area contributed by atoms with Crippen LogP contribution < -0.4 is 10.1 Å². The van der Waals surface area contributed by atoms with Crippen molar-refractivity contribution in [1.82, 2.24) is 24.7 Å². The second-order valence-electron chi connectivity index (χ2n) is 6.86. The van der Waals surface area contributed by atoms with Crippen LogP contribution in [0.1, 0.15) is 5.56 Å². The molecule has 0 unspecified atom stereocenters. The van der Waals surface area contributed by atoms with E-state index in [2.05, 4.69) is 25.4 Å². The number of nitrogens with one attached hydrogen (secondary N) is 1. The molecule has 0 aliphatic rings. The number of amides is 1. The van der Waals surface area contributed by atoms with E-state index < -0.39 is 12.0 Å². The molecule has 3 aromatic heterocycles. The van der Waals surface area contributed by atoms with Crippen molar-refractivity contribution in [2.24, 2.45) is 0 Å². The first kappa shape index (κ1) is 23.1. The number of pyridine rings is 1. The number of carbonyl (C=O) groups is 1. The summed E-state index contributed by atoms with van der Waals surface area (Å²) in [4.78, 5) is 25.4. The maximum atomic E-state index is 12.9. The lowest BCUT2D eigenvalue weighted by Gasteiger charge is -2.18. The Bertz CT molecular complexity index is 1340. The molecular formula is C22H18ClN7O4. The number of rotatable bonds is 9. The molecule has 11 nitrogen and oxygen atoms in total. The molecule has 1 aromatic carbocycles. The summed E-state index contributed by atoms with van der Waals surface area (Å²) >= 11 is 6.30. The van der Waals surface area contributed by atoms with Crippen LogP contribution >= 0.6 is 11.6 Å². The molecule has 2 N–H and O–H groups in total. The third-order valence-electron chi connectivity index (χ3n) is 4.60. The normalized spacial score (nSPS) is 11.7. The fourth-order valence-corrected chi connectivity index (χ4v) is 3.23. The first-order valence-electron chi connectivity index (χ1n) is 10.1. The molecule has 0 aliphatic heterocycles. The molecule has 4 aromatic rings. The zero-order valence-corrected chi connectivity index (χ0v) is 18.4. The molecule has 0 radical (unpaired) electrons. The Kier molecular flexibility index (Phi) is 7.24. The number of aliphatic hydroxyl groups excluding tert-OH is 1. The van der Waals surface area contributed by atoms with E-state index in [1.807, 2.05) is 12.1 Å². The van der Waals surface area contributed by atoms with Gasteiger partial charge in [0.1, 0.15) is 23.6 Å². The second kappa shape index (κ2) is 10.7. The van der Waals surface area contributed by atoms with Crippen LogP contribution in [0.2, 0.25) is 5.02 Å². The highest BCUT2D eigenvalue weighted by Crippen LogP contribution is 2.27. The number of aliphatic hydroxyl groups is 1. The number of fused-ring (bicyclic) bond motifs is 1. The van der Waals surface area contributed by atoms with Gasteiger partial charge in [-0.05, 0) is 24.3 Å². The Labute approximate surface area is 198 Å². The molecular weight excluding hydrogens is 462 g/mol. The number of halogens is 1. The van der Waals surface area contributed by atoms with Gasteiger partial charge in [0.15, 0.2) is 5.65 Å². The van der Waals surface area contributed by atoms with Gasteiger partial charge in [-0.1, -0.05) is 23.7 Å². The Morgan fingerprint density at radius 2 is 2.06 bits per heavy atom. The van der Waals surface area contributed by atoms with Crippen LogP contribution in [0.15, 0.2) is 55.1 Å². The second-order valence-corrected chi connectivity index (χ2v) is 7.27. The standard InChI is InChI=1S/C22H18ClN7O4/c23-16-3-1-2-4-17(16)30-20-15(11-28-30)22(27-13-26-20)34-18(12-33-8-7-31)21(32)29-19-6-5-14(9-24)10-25-19/h1-6,10-11,13,18,31H,7-8,12H2,(H,25,29,32)/t18-/m0/s1. The SMILES string of the molecule is N#Cc1ccc(NC(=O)[C@H](COCCO)Oc2ncnc3c2cnn3-c2ccccc2Cl)nc1. The fourth-order valence-electron chi connectivity index (χ4n) is 3.01. The molecule has 1 atom stereocenters. The van der Waals surface area contributed by atoms with Gasteiger partial charge in [0.25, 0.3) is 5.91 Å². The van der Waals surface area contributed by atoms with Crippen molar-refractivity contribution >= 4 is 34.4 Å². The Balaban J connectivity index is 1.60. The summed E-state index contributed by atoms with van der Waals surface area (Å²) in [7, 11) is 0. The minimum absolute atomic E-state index is 0.0197. The Morgan fingerprint density at radius 1 is 1.21 bits per heavy atom. The molecule has 34 heavy (non-hydrogen) atoms. The minimum atomic E-state index is -1.13. The summed E-state index contributed by atoms with van der Waals surface area (Å²) in [5.41, 5.74) is 1.41. The number of aromatic nitrogens is 5. The average Bonchev–Trinajstić information content (AvgIpc) is 3.29. The van der Waals surface area contributed by atoms with Crippen LogP contribution in [0.4, 0.5) is 5.82 Å². The number of anilines is 1. The molecule has 3 heterocycles. The summed E-state index contributed by atoms with van der Waals surface area (Å²) in [5.74, 6) is -0.205. The van der Waals surface area contributed by atoms with Gasteiger partial charge in [0, 0.05) is 6.20 Å². The lowest BCUT2D eigenvalue weighted by atomic mass is 10.3. The lowest BCUT2D eigenvalue weighted by molar-refractivity contribution is -0.125. The predicted molar refractivity (Wildman–Crippen MR) is 122 cm³/mol. The van der Waals surface area contributed by atoms with Gasteiger partial charge < -0.3 is 19.9 Å². The zero-order chi connectivity index (χ0) is 23.9. The van der Waals surface area contributed by atoms with E-state index in [9.17, 15) is 4.79 Å². The highest BCUT2D eigenvalue weighted by molar-refractivity contribution is 6.32. The maximum absolute atomic E-state index is 12.9. The summed E-state index contributed by atoms with van der Waals surface area (Å²) in [6.07, 6.45) is 3.01. The number of hydrogen-bond donors (Lipinski definition) is 2. The zero-order valence-electron chi connectivity index (χ0n) is 17.6. The highest BCUT2D eigenvalue weighted by Gasteiger charge is 2.24. The molecule has 1 amide bonds. The van der Waals surface area contributed by atoms with Gasteiger partial charge in [0.05, 0.1) is 42.3 Å². The van der Waals surface area contributed by atoms with Crippen LogP contribution in [-0.4, -0.2) is 61.7 Å². The summed E-state index contributed by atoms with van der Waals surface area (Å²) < 4.78 is 12.8. The van der Waals surface area contributed by atoms with E-state index in [1.54, 1.807) is 22.9 Å². The van der Waals surface area contributed by atoms with E-state index in [0.29, 0.717) is 27.3 Å². The van der Waals surface area contributed by atoms with Gasteiger partial charge in [-0.3, -0.25) is 4.79 Å². The molecule has 0 fully saturated rings. The smallest absolute Gasteiger partial charge is 0.269 e. The van der Waals surface area contributed by atoms with Gasteiger partial charge in [-0.2, -0.15) is 10.4 Å². The topological polar surface area (TPSA) is 148 Å². The number of para-hydroxylation sites is 1. The third kappa shape index (κ3) is 5.10. The monoisotopic (exact) mass is 479 g/mol. The van der Waals surface area contributed by atoms with Crippen LogP contribution in [0.3, 0.4) is 0 Å². The highest BCUT2D eigenvalue weighted by atomic mass is 35.5. The predicted octanol–water partition coefficient (Wildman–Crippen LogP) is 2.13. The number of nitrogens with zero attached hydrogens (tertiary/aromatic N) is 6. The summed E-state index contributed by atoms with van der Waals surface area (Å²) in [5, 5.41) is 25.8. The van der Waals surface area contributed by atoms with Crippen molar-refractivity contribution < 1.29 is 19.4 Å². The molecule has 0 saturated heterocycles. The van der Waals surface area contributed by atoms with E-state index in [4.69, 9.17) is 31.4 Å². The number of hydrogen-bond acceptors (Lipinski definition) is 9. The molecule has 0 spiro atoms. The van der Waals surface area contributed by atoms with Crippen LogP contribution in [0, 0.1) is 11.3 Å². The fraction of sp³-hybridized carbons (Fsp3) is 0.182. The number of carbonyl (C=O) groups excluding carboxylic acids is 1. The first-order chi connectivity index (χ1) is 16.6. The van der Waals surface area contributed by atoms with Crippen molar-refractivity contribution in [1.29, 1.82) is 5.26 Å². The van der Waals surface area contributed by atoms with Crippen molar-refractivity contribution in [2.45, 2.75) is 6.10 Å². The van der Waals surface area contributed by atoms with Gasteiger partial charge >= 0.3 is 0 Å². The largest absolute Gasteiger partial charge is 0.461 e. The average molecular weight is 480 g/mol. The Hall–Kier alpha value is -4.11. The maximum Gasteiger partial charge on any atom is 0.269 e. The summed E-state index contributed by atoms with van der Waals surface area (Å²) in [6.45, 7) is -0.355. The molecule has 0 bridgehead atoms. The quantitative estimate of drug-likeness (QED) is 0.344. The molecule has 0 aliphatic carbocycles. The first-order valence-corrected chi connectivity index (χ1v) is 10.4. The number of nitriles is 1. The van der Waals surface area contributed by atoms with Crippen molar-refractivity contribution in [3.05, 3.63) is 65.7 Å². The number of ether oxygens (including phenoxy) is 2. The van der Waals surface area contributed by atoms with Crippen LogP contribution in [0.25, 0.3) is 16.7 Å². The van der Waals surface area contributed by atoms with Gasteiger partial charge in [0.2, 0.25) is 12.0 Å². The van der Waals surface area contributed by atoms with Crippen LogP contribution in [0.5, 0.6) is 5.88 Å². The summed E-state index contributed by atoms with van der Waals surface area (Å²) in [6, 6.07) is 12.1. The molecule has 4 rings (SSSR count). The van der Waals surface area contributed by atoms with E-state index in [0.717, 1.165) is 0 Å². The van der Waals surface area contributed by atoms with E-state index >= 15 is 0 Å². The van der Waals surface area contributed by atoms with Gasteiger partial charge in [-0.25, -0.2) is 19.6 Å². The lowest BCUT2D eigenvalue weighted by Crippen LogP contribution is -2.37. The van der Waals surface area contributed by atoms with Crippen molar-refractivity contribution in [3.8, 4) is 17.6 Å². The minimum Gasteiger partial charge on any atom is -0.461 e. The van der Waals surface area contributed by atoms with Crippen molar-refractivity contribution in [2.75, 3.05) is 25.1 Å². The third-order valence-corrected chi connectivity index (χ3v) is 4.92.